The molecule has 4 nitrogen and oxygen atoms in total. The molecule has 0 fully saturated rings. The van der Waals surface area contributed by atoms with Crippen molar-refractivity contribution in [1.82, 2.24) is 4.98 Å². The average molecular weight is 241 g/mol. The first-order valence-electron chi connectivity index (χ1n) is 5.77. The highest BCUT2D eigenvalue weighted by molar-refractivity contribution is 5.92. The van der Waals surface area contributed by atoms with Gasteiger partial charge in [0.2, 0.25) is 0 Å². The van der Waals surface area contributed by atoms with Crippen molar-refractivity contribution in [1.29, 1.82) is 5.26 Å². The van der Waals surface area contributed by atoms with Crippen molar-refractivity contribution in [3.05, 3.63) is 30.5 Å². The van der Waals surface area contributed by atoms with Gasteiger partial charge in [0.25, 0.3) is 0 Å². The molecular formula is C14H15N3O. The van der Waals surface area contributed by atoms with E-state index in [0.717, 1.165) is 22.3 Å². The van der Waals surface area contributed by atoms with Crippen LogP contribution in [-0.4, -0.2) is 25.7 Å². The molecule has 0 atom stereocenters. The van der Waals surface area contributed by atoms with Crippen LogP contribution < -0.4 is 9.64 Å². The Bertz CT molecular complexity index is 589. The average Bonchev–Trinajstić information content (AvgIpc) is 2.43. The molecule has 1 heterocycles. The van der Waals surface area contributed by atoms with E-state index in [1.807, 2.05) is 36.2 Å². The maximum Gasteiger partial charge on any atom is 0.136 e. The number of aromatic nitrogens is 1. The highest BCUT2D eigenvalue weighted by atomic mass is 16.5. The summed E-state index contributed by atoms with van der Waals surface area (Å²) in [5.41, 5.74) is 0. The largest absolute Gasteiger partial charge is 0.497 e. The second kappa shape index (κ2) is 5.37. The molecule has 0 N–H and O–H groups in total. The number of methoxy groups -OCH3 is 1. The van der Waals surface area contributed by atoms with E-state index in [1.165, 1.54) is 0 Å². The Morgan fingerprint density at radius 3 is 2.94 bits per heavy atom. The van der Waals surface area contributed by atoms with Gasteiger partial charge in [0.1, 0.15) is 11.6 Å². The fraction of sp³-hybridized carbons (Fsp3) is 0.286. The van der Waals surface area contributed by atoms with Gasteiger partial charge in [-0.15, -0.1) is 0 Å². The monoisotopic (exact) mass is 241 g/mol. The molecule has 0 unspecified atom stereocenters. The van der Waals surface area contributed by atoms with Crippen LogP contribution in [0.5, 0.6) is 5.75 Å². The molecule has 92 valence electrons. The zero-order chi connectivity index (χ0) is 13.0. The van der Waals surface area contributed by atoms with Gasteiger partial charge in [-0.25, -0.2) is 4.98 Å². The maximum atomic E-state index is 8.63. The van der Waals surface area contributed by atoms with Crippen LogP contribution in [0, 0.1) is 11.3 Å². The molecule has 0 spiro atoms. The predicted octanol–water partition coefficient (Wildman–Crippen LogP) is 2.59. The minimum atomic E-state index is 0.491. The van der Waals surface area contributed by atoms with E-state index in [-0.39, 0.29) is 0 Å². The number of hydrogen-bond acceptors (Lipinski definition) is 4. The molecule has 0 aliphatic heterocycles. The van der Waals surface area contributed by atoms with Crippen LogP contribution >= 0.6 is 0 Å². The van der Waals surface area contributed by atoms with E-state index >= 15 is 0 Å². The highest BCUT2D eigenvalue weighted by Crippen LogP contribution is 2.27. The van der Waals surface area contributed by atoms with E-state index < -0.39 is 0 Å². The van der Waals surface area contributed by atoms with Gasteiger partial charge < -0.3 is 9.64 Å². The van der Waals surface area contributed by atoms with E-state index in [1.54, 1.807) is 13.3 Å². The first-order chi connectivity index (χ1) is 8.76. The molecule has 2 aromatic rings. The van der Waals surface area contributed by atoms with E-state index in [9.17, 15) is 0 Å². The van der Waals surface area contributed by atoms with Crippen molar-refractivity contribution in [3.8, 4) is 11.8 Å². The number of nitriles is 1. The third kappa shape index (κ3) is 2.35. The SMILES string of the molecule is COc1ccc2c(N(C)CCC#N)nccc2c1. The maximum absolute atomic E-state index is 8.63. The fourth-order valence-corrected chi connectivity index (χ4v) is 1.89. The smallest absolute Gasteiger partial charge is 0.136 e. The summed E-state index contributed by atoms with van der Waals surface area (Å²) in [5.74, 6) is 1.73. The summed E-state index contributed by atoms with van der Waals surface area (Å²) in [4.78, 5) is 6.39. The van der Waals surface area contributed by atoms with Crippen LogP contribution in [0.4, 0.5) is 5.82 Å². The Morgan fingerprint density at radius 1 is 1.39 bits per heavy atom. The van der Waals surface area contributed by atoms with Crippen molar-refractivity contribution in [2.75, 3.05) is 25.6 Å². The number of anilines is 1. The van der Waals surface area contributed by atoms with Crippen molar-refractivity contribution in [2.24, 2.45) is 0 Å². The van der Waals surface area contributed by atoms with Gasteiger partial charge in [-0.1, -0.05) is 0 Å². The number of hydrogen-bond donors (Lipinski definition) is 0. The van der Waals surface area contributed by atoms with Gasteiger partial charge in [0.15, 0.2) is 0 Å². The normalized spacial score (nSPS) is 10.1. The molecule has 0 bridgehead atoms. The minimum absolute atomic E-state index is 0.491. The highest BCUT2D eigenvalue weighted by Gasteiger charge is 2.07. The molecule has 0 aliphatic rings. The van der Waals surface area contributed by atoms with Crippen molar-refractivity contribution >= 4 is 16.6 Å². The Kier molecular flexibility index (Phi) is 3.63. The molecule has 0 radical (unpaired) electrons. The first kappa shape index (κ1) is 12.2. The molecule has 0 amide bonds. The molecule has 18 heavy (non-hydrogen) atoms. The number of nitrogens with zero attached hydrogens (tertiary/aromatic N) is 3. The zero-order valence-electron chi connectivity index (χ0n) is 10.6. The van der Waals surface area contributed by atoms with Crippen LogP contribution in [0.1, 0.15) is 6.42 Å². The molecule has 0 aliphatic carbocycles. The van der Waals surface area contributed by atoms with Crippen LogP contribution in [0.3, 0.4) is 0 Å². The van der Waals surface area contributed by atoms with Crippen molar-refractivity contribution in [3.63, 3.8) is 0 Å². The number of rotatable bonds is 4. The molecule has 1 aromatic carbocycles. The third-order valence-electron chi connectivity index (χ3n) is 2.87. The lowest BCUT2D eigenvalue weighted by atomic mass is 10.1. The fourth-order valence-electron chi connectivity index (χ4n) is 1.89. The summed E-state index contributed by atoms with van der Waals surface area (Å²) < 4.78 is 5.21. The topological polar surface area (TPSA) is 49.1 Å². The number of fused-ring (bicyclic) bond motifs is 1. The Morgan fingerprint density at radius 2 is 2.22 bits per heavy atom. The number of benzene rings is 1. The quantitative estimate of drug-likeness (QED) is 0.825. The van der Waals surface area contributed by atoms with Gasteiger partial charge >= 0.3 is 0 Å². The molecule has 1 aromatic heterocycles. The summed E-state index contributed by atoms with van der Waals surface area (Å²) in [7, 11) is 3.60. The number of pyridine rings is 1. The second-order valence-electron chi connectivity index (χ2n) is 4.05. The van der Waals surface area contributed by atoms with E-state index in [2.05, 4.69) is 11.1 Å². The second-order valence-corrected chi connectivity index (χ2v) is 4.05. The molecule has 0 saturated heterocycles. The van der Waals surface area contributed by atoms with E-state index in [0.29, 0.717) is 13.0 Å². The first-order valence-corrected chi connectivity index (χ1v) is 5.77. The van der Waals surface area contributed by atoms with Crippen LogP contribution in [0.2, 0.25) is 0 Å². The Hall–Kier alpha value is -2.28. The predicted molar refractivity (Wildman–Crippen MR) is 71.8 cm³/mol. The van der Waals surface area contributed by atoms with Crippen molar-refractivity contribution < 1.29 is 4.74 Å². The van der Waals surface area contributed by atoms with Gasteiger partial charge in [-0.2, -0.15) is 5.26 Å². The van der Waals surface area contributed by atoms with E-state index in [4.69, 9.17) is 10.00 Å². The molecular weight excluding hydrogens is 226 g/mol. The lowest BCUT2D eigenvalue weighted by Gasteiger charge is -2.18. The molecule has 2 rings (SSSR count). The minimum Gasteiger partial charge on any atom is -0.497 e. The molecule has 0 saturated carbocycles. The summed E-state index contributed by atoms with van der Waals surface area (Å²) in [6.07, 6.45) is 2.27. The number of ether oxygens (including phenoxy) is 1. The summed E-state index contributed by atoms with van der Waals surface area (Å²) in [6.45, 7) is 0.675. The summed E-state index contributed by atoms with van der Waals surface area (Å²) in [6, 6.07) is 10.0. The van der Waals surface area contributed by atoms with Gasteiger partial charge in [-0.3, -0.25) is 0 Å². The molecule has 4 heteroatoms. The van der Waals surface area contributed by atoms with Crippen LogP contribution in [0.25, 0.3) is 10.8 Å². The van der Waals surface area contributed by atoms with Crippen LogP contribution in [-0.2, 0) is 0 Å². The lowest BCUT2D eigenvalue weighted by molar-refractivity contribution is 0.415. The Labute approximate surface area is 106 Å². The van der Waals surface area contributed by atoms with Crippen molar-refractivity contribution in [2.45, 2.75) is 6.42 Å². The summed E-state index contributed by atoms with van der Waals surface area (Å²) in [5, 5.41) is 10.8. The van der Waals surface area contributed by atoms with Gasteiger partial charge in [0.05, 0.1) is 19.6 Å². The van der Waals surface area contributed by atoms with Gasteiger partial charge in [-0.05, 0) is 29.7 Å². The zero-order valence-corrected chi connectivity index (χ0v) is 10.6. The summed E-state index contributed by atoms with van der Waals surface area (Å²) >= 11 is 0. The third-order valence-corrected chi connectivity index (χ3v) is 2.87. The Balaban J connectivity index is 2.42. The standard InChI is InChI=1S/C14H15N3O/c1-17(9-3-7-15)14-13-5-4-12(18-2)10-11(13)6-8-16-14/h4-6,8,10H,3,9H2,1-2H3. The van der Waals surface area contributed by atoms with Crippen LogP contribution in [0.15, 0.2) is 30.5 Å². The van der Waals surface area contributed by atoms with Gasteiger partial charge in [0, 0.05) is 25.2 Å². The lowest BCUT2D eigenvalue weighted by Crippen LogP contribution is -2.19.